The van der Waals surface area contributed by atoms with Crippen molar-refractivity contribution in [1.29, 1.82) is 0 Å². The van der Waals surface area contributed by atoms with E-state index in [0.717, 1.165) is 11.3 Å². The van der Waals surface area contributed by atoms with Crippen LogP contribution in [0.15, 0.2) is 36.8 Å². The van der Waals surface area contributed by atoms with Gasteiger partial charge in [-0.3, -0.25) is 14.5 Å². The second-order valence-electron chi connectivity index (χ2n) is 5.90. The van der Waals surface area contributed by atoms with Crippen LogP contribution in [0.3, 0.4) is 0 Å². The number of rotatable bonds is 6. The maximum atomic E-state index is 11.9. The maximum absolute atomic E-state index is 11.9. The lowest BCUT2D eigenvalue weighted by atomic mass is 10.0. The summed E-state index contributed by atoms with van der Waals surface area (Å²) in [5.41, 5.74) is 1.98. The van der Waals surface area contributed by atoms with Crippen LogP contribution in [0.4, 0.5) is 0 Å². The molecule has 0 radical (unpaired) electrons. The highest BCUT2D eigenvalue weighted by atomic mass is 16.1. The van der Waals surface area contributed by atoms with E-state index in [1.165, 1.54) is 25.7 Å². The van der Waals surface area contributed by atoms with Crippen molar-refractivity contribution in [3.63, 3.8) is 0 Å². The molecule has 0 bridgehead atoms. The number of nitrogens with zero attached hydrogens (tertiary/aromatic N) is 3. The Kier molecular flexibility index (Phi) is 4.83. The summed E-state index contributed by atoms with van der Waals surface area (Å²) in [7, 11) is 0. The SMILES string of the molecule is O=C(CC1CCCC1)NCCn1ccc(-c2ccncc2)n1. The third-order valence-electron chi connectivity index (χ3n) is 4.23. The van der Waals surface area contributed by atoms with Gasteiger partial charge in [0.15, 0.2) is 0 Å². The van der Waals surface area contributed by atoms with Crippen molar-refractivity contribution in [2.75, 3.05) is 6.54 Å². The fourth-order valence-electron chi connectivity index (χ4n) is 3.02. The van der Waals surface area contributed by atoms with Crippen molar-refractivity contribution in [1.82, 2.24) is 20.1 Å². The molecule has 1 aliphatic carbocycles. The van der Waals surface area contributed by atoms with Gasteiger partial charge < -0.3 is 5.32 Å². The van der Waals surface area contributed by atoms with Crippen molar-refractivity contribution in [3.8, 4) is 11.3 Å². The molecule has 2 aromatic heterocycles. The molecular formula is C17H22N4O. The molecule has 2 aromatic rings. The average Bonchev–Trinajstić information content (AvgIpc) is 3.20. The van der Waals surface area contributed by atoms with Crippen LogP contribution in [0.2, 0.25) is 0 Å². The summed E-state index contributed by atoms with van der Waals surface area (Å²) < 4.78 is 1.87. The Labute approximate surface area is 130 Å². The maximum Gasteiger partial charge on any atom is 0.220 e. The second-order valence-corrected chi connectivity index (χ2v) is 5.90. The van der Waals surface area contributed by atoms with Gasteiger partial charge in [-0.25, -0.2) is 0 Å². The van der Waals surface area contributed by atoms with Gasteiger partial charge in [-0.05, 0) is 37.0 Å². The van der Waals surface area contributed by atoms with Crippen LogP contribution in [-0.2, 0) is 11.3 Å². The van der Waals surface area contributed by atoms with E-state index in [-0.39, 0.29) is 5.91 Å². The largest absolute Gasteiger partial charge is 0.354 e. The third-order valence-corrected chi connectivity index (χ3v) is 4.23. The predicted molar refractivity (Wildman–Crippen MR) is 85.0 cm³/mol. The predicted octanol–water partition coefficient (Wildman–Crippen LogP) is 2.64. The number of carbonyl (C=O) groups excluding carboxylic acids is 1. The van der Waals surface area contributed by atoms with Crippen LogP contribution in [0.25, 0.3) is 11.3 Å². The van der Waals surface area contributed by atoms with Crippen molar-refractivity contribution >= 4 is 5.91 Å². The Morgan fingerprint density at radius 2 is 2.00 bits per heavy atom. The summed E-state index contributed by atoms with van der Waals surface area (Å²) in [6.07, 6.45) is 11.1. The molecule has 1 saturated carbocycles. The first-order valence-electron chi connectivity index (χ1n) is 8.02. The van der Waals surface area contributed by atoms with Gasteiger partial charge in [0, 0.05) is 37.1 Å². The molecule has 5 heteroatoms. The summed E-state index contributed by atoms with van der Waals surface area (Å²) in [6.45, 7) is 1.32. The summed E-state index contributed by atoms with van der Waals surface area (Å²) in [5.74, 6) is 0.774. The number of nitrogens with one attached hydrogen (secondary N) is 1. The first kappa shape index (κ1) is 14.8. The molecule has 1 N–H and O–H groups in total. The van der Waals surface area contributed by atoms with E-state index in [4.69, 9.17) is 0 Å². The molecule has 22 heavy (non-hydrogen) atoms. The molecule has 0 aromatic carbocycles. The molecule has 1 amide bonds. The first-order valence-corrected chi connectivity index (χ1v) is 8.02. The van der Waals surface area contributed by atoms with Crippen LogP contribution in [0, 0.1) is 5.92 Å². The smallest absolute Gasteiger partial charge is 0.220 e. The molecular weight excluding hydrogens is 276 g/mol. The minimum absolute atomic E-state index is 0.174. The van der Waals surface area contributed by atoms with E-state index in [1.807, 2.05) is 29.1 Å². The topological polar surface area (TPSA) is 59.8 Å². The number of hydrogen-bond donors (Lipinski definition) is 1. The number of hydrogen-bond acceptors (Lipinski definition) is 3. The zero-order valence-corrected chi connectivity index (χ0v) is 12.7. The van der Waals surface area contributed by atoms with E-state index < -0.39 is 0 Å². The van der Waals surface area contributed by atoms with Crippen LogP contribution >= 0.6 is 0 Å². The molecule has 116 valence electrons. The van der Waals surface area contributed by atoms with Crippen LogP contribution < -0.4 is 5.32 Å². The van der Waals surface area contributed by atoms with Crippen molar-refractivity contribution in [2.45, 2.75) is 38.6 Å². The molecule has 2 heterocycles. The Balaban J connectivity index is 1.44. The molecule has 3 rings (SSSR count). The van der Waals surface area contributed by atoms with E-state index in [9.17, 15) is 4.79 Å². The van der Waals surface area contributed by atoms with E-state index in [0.29, 0.717) is 25.4 Å². The molecule has 0 unspecified atom stereocenters. The normalized spacial score (nSPS) is 15.1. The number of amides is 1. The second kappa shape index (κ2) is 7.20. The first-order chi connectivity index (χ1) is 10.8. The standard InChI is InChI=1S/C17H22N4O/c22-17(13-14-3-1-2-4-14)19-10-12-21-11-7-16(20-21)15-5-8-18-9-6-15/h5-9,11,14H,1-4,10,12-13H2,(H,19,22). The zero-order valence-electron chi connectivity index (χ0n) is 12.7. The van der Waals surface area contributed by atoms with Crippen LogP contribution in [0.5, 0.6) is 0 Å². The van der Waals surface area contributed by atoms with Gasteiger partial charge in [0.25, 0.3) is 0 Å². The Morgan fingerprint density at radius 1 is 1.23 bits per heavy atom. The molecule has 1 fully saturated rings. The summed E-state index contributed by atoms with van der Waals surface area (Å²) in [6, 6.07) is 5.86. The zero-order chi connectivity index (χ0) is 15.2. The Bertz CT molecular complexity index is 602. The third kappa shape index (κ3) is 3.93. The highest BCUT2D eigenvalue weighted by molar-refractivity contribution is 5.76. The van der Waals surface area contributed by atoms with Crippen molar-refractivity contribution < 1.29 is 4.79 Å². The molecule has 0 saturated heterocycles. The Hall–Kier alpha value is -2.17. The minimum atomic E-state index is 0.174. The number of aromatic nitrogens is 3. The Morgan fingerprint density at radius 3 is 2.77 bits per heavy atom. The summed E-state index contributed by atoms with van der Waals surface area (Å²) >= 11 is 0. The van der Waals surface area contributed by atoms with Crippen molar-refractivity contribution in [2.24, 2.45) is 5.92 Å². The van der Waals surface area contributed by atoms with Gasteiger partial charge in [0.2, 0.25) is 5.91 Å². The van der Waals surface area contributed by atoms with E-state index in [2.05, 4.69) is 15.4 Å². The summed E-state index contributed by atoms with van der Waals surface area (Å²) in [5, 5.41) is 7.52. The lowest BCUT2D eigenvalue weighted by molar-refractivity contribution is -0.122. The summed E-state index contributed by atoms with van der Waals surface area (Å²) in [4.78, 5) is 15.9. The fraction of sp³-hybridized carbons (Fsp3) is 0.471. The molecule has 0 aliphatic heterocycles. The van der Waals surface area contributed by atoms with Gasteiger partial charge in [-0.15, -0.1) is 0 Å². The van der Waals surface area contributed by atoms with E-state index in [1.54, 1.807) is 12.4 Å². The average molecular weight is 298 g/mol. The van der Waals surface area contributed by atoms with Gasteiger partial charge in [0.1, 0.15) is 0 Å². The van der Waals surface area contributed by atoms with Gasteiger partial charge in [-0.2, -0.15) is 5.10 Å². The quantitative estimate of drug-likeness (QED) is 0.892. The highest BCUT2D eigenvalue weighted by Crippen LogP contribution is 2.27. The van der Waals surface area contributed by atoms with Gasteiger partial charge in [-0.1, -0.05) is 12.8 Å². The minimum Gasteiger partial charge on any atom is -0.354 e. The lowest BCUT2D eigenvalue weighted by Crippen LogP contribution is -2.28. The van der Waals surface area contributed by atoms with E-state index >= 15 is 0 Å². The van der Waals surface area contributed by atoms with Gasteiger partial charge in [0.05, 0.1) is 12.2 Å². The van der Waals surface area contributed by atoms with Gasteiger partial charge >= 0.3 is 0 Å². The lowest BCUT2D eigenvalue weighted by Gasteiger charge is -2.09. The molecule has 0 atom stereocenters. The number of carbonyl (C=O) groups is 1. The molecule has 5 nitrogen and oxygen atoms in total. The molecule has 1 aliphatic rings. The van der Waals surface area contributed by atoms with Crippen LogP contribution in [0.1, 0.15) is 32.1 Å². The monoisotopic (exact) mass is 298 g/mol. The number of pyridine rings is 1. The van der Waals surface area contributed by atoms with Crippen LogP contribution in [-0.4, -0.2) is 27.2 Å². The molecule has 0 spiro atoms. The fourth-order valence-corrected chi connectivity index (χ4v) is 3.02. The highest BCUT2D eigenvalue weighted by Gasteiger charge is 2.17. The van der Waals surface area contributed by atoms with Crippen molar-refractivity contribution in [3.05, 3.63) is 36.8 Å².